The van der Waals surface area contributed by atoms with Crippen LogP contribution < -0.4 is 15.9 Å². The Bertz CT molecular complexity index is 722. The first kappa shape index (κ1) is 17.9. The van der Waals surface area contributed by atoms with Gasteiger partial charge in [0.05, 0.1) is 16.8 Å². The molecule has 0 spiro atoms. The predicted molar refractivity (Wildman–Crippen MR) is 113 cm³/mol. The van der Waals surface area contributed by atoms with Gasteiger partial charge in [0.2, 0.25) is 0 Å². The van der Waals surface area contributed by atoms with E-state index in [0.717, 1.165) is 12.7 Å². The molecular weight excluding hydrogens is 320 g/mol. The van der Waals surface area contributed by atoms with Crippen molar-refractivity contribution in [2.75, 3.05) is 12.7 Å². The van der Waals surface area contributed by atoms with Crippen molar-refractivity contribution < 1.29 is 0 Å². The van der Waals surface area contributed by atoms with Crippen molar-refractivity contribution in [3.8, 4) is 0 Å². The fourth-order valence-electron chi connectivity index (χ4n) is 3.11. The summed E-state index contributed by atoms with van der Waals surface area (Å²) < 4.78 is 0. The van der Waals surface area contributed by atoms with E-state index >= 15 is 0 Å². The maximum absolute atomic E-state index is 7.04. The van der Waals surface area contributed by atoms with E-state index in [1.807, 2.05) is 0 Å². The largest absolute Gasteiger partial charge is 0.377 e. The molecule has 1 N–H and O–H groups in total. The highest BCUT2D eigenvalue weighted by Gasteiger charge is 2.36. The Morgan fingerprint density at radius 1 is 0.760 bits per heavy atom. The minimum Gasteiger partial charge on any atom is -0.307 e. The fourth-order valence-corrected chi connectivity index (χ4v) is 5.82. The average molecular weight is 344 g/mol. The molecule has 0 amide bonds. The minimum absolute atomic E-state index is 0.321. The number of nitrogens with one attached hydrogen (secondary N) is 1. The second-order valence-corrected chi connectivity index (χ2v) is 9.57. The SMILES string of the molecule is [B][P+](CCN[C@@H](C)c1ccccc1)(c1ccccc1)c1ccccc1. The molecule has 0 aromatic heterocycles. The summed E-state index contributed by atoms with van der Waals surface area (Å²) in [5.41, 5.74) is 1.31. The molecule has 2 radical (unpaired) electrons. The first-order chi connectivity index (χ1) is 12.2. The first-order valence-electron chi connectivity index (χ1n) is 8.76. The standard InChI is InChI=1S/C22H24BNP/c1-19(20-11-5-2-6-12-20)24-17-18-25(23,21-13-7-3-8-14-21)22-15-9-4-10-16-22/h2-16,19,24H,17-18H2,1H3/q+1/t19-/m0/s1. The molecule has 1 nitrogen and oxygen atoms in total. The molecule has 124 valence electrons. The minimum atomic E-state index is -1.88. The van der Waals surface area contributed by atoms with E-state index in [0.29, 0.717) is 6.04 Å². The third kappa shape index (κ3) is 4.40. The van der Waals surface area contributed by atoms with Crippen molar-refractivity contribution in [3.63, 3.8) is 0 Å². The number of hydrogen-bond donors (Lipinski definition) is 1. The molecule has 0 saturated heterocycles. The molecule has 3 heteroatoms. The van der Waals surface area contributed by atoms with Crippen LogP contribution >= 0.6 is 7.14 Å². The zero-order valence-electron chi connectivity index (χ0n) is 14.7. The fraction of sp³-hybridized carbons (Fsp3) is 0.182. The Morgan fingerprint density at radius 3 is 1.68 bits per heavy atom. The second kappa shape index (κ2) is 8.47. The number of rotatable bonds is 7. The highest BCUT2D eigenvalue weighted by Crippen LogP contribution is 2.50. The molecule has 3 rings (SSSR count). The van der Waals surface area contributed by atoms with Crippen LogP contribution in [0.15, 0.2) is 91.0 Å². The summed E-state index contributed by atoms with van der Waals surface area (Å²) in [5, 5.41) is 6.16. The highest BCUT2D eigenvalue weighted by molar-refractivity contribution is 8.08. The van der Waals surface area contributed by atoms with Crippen LogP contribution in [0, 0.1) is 0 Å². The summed E-state index contributed by atoms with van der Waals surface area (Å²) in [6.07, 6.45) is 0.943. The lowest BCUT2D eigenvalue weighted by Crippen LogP contribution is -2.31. The van der Waals surface area contributed by atoms with Gasteiger partial charge in [-0.2, -0.15) is 0 Å². The van der Waals surface area contributed by atoms with Crippen LogP contribution in [0.5, 0.6) is 0 Å². The zero-order valence-corrected chi connectivity index (χ0v) is 15.6. The maximum Gasteiger partial charge on any atom is 0.377 e. The van der Waals surface area contributed by atoms with Crippen LogP contribution in [0.2, 0.25) is 0 Å². The maximum atomic E-state index is 7.04. The Labute approximate surface area is 153 Å². The van der Waals surface area contributed by atoms with Crippen LogP contribution in [0.25, 0.3) is 0 Å². The molecule has 0 bridgehead atoms. The van der Waals surface area contributed by atoms with Crippen molar-refractivity contribution in [3.05, 3.63) is 96.6 Å². The van der Waals surface area contributed by atoms with Crippen LogP contribution in [0.1, 0.15) is 18.5 Å². The summed E-state index contributed by atoms with van der Waals surface area (Å²) in [4.78, 5) is 0. The normalized spacial score (nSPS) is 12.7. The highest BCUT2D eigenvalue weighted by atomic mass is 31.2. The van der Waals surface area contributed by atoms with Crippen LogP contribution in [0.4, 0.5) is 0 Å². The molecule has 0 fully saturated rings. The molecule has 0 aliphatic rings. The summed E-state index contributed by atoms with van der Waals surface area (Å²) in [6, 6.07) is 32.0. The lowest BCUT2D eigenvalue weighted by molar-refractivity contribution is 0.600. The van der Waals surface area contributed by atoms with Crippen molar-refractivity contribution >= 4 is 25.3 Å². The van der Waals surface area contributed by atoms with Crippen LogP contribution in [0.3, 0.4) is 0 Å². The Kier molecular flexibility index (Phi) is 6.07. The van der Waals surface area contributed by atoms with Crippen molar-refractivity contribution in [1.82, 2.24) is 5.32 Å². The van der Waals surface area contributed by atoms with Crippen LogP contribution in [-0.4, -0.2) is 20.3 Å². The van der Waals surface area contributed by atoms with Crippen molar-refractivity contribution in [2.24, 2.45) is 0 Å². The van der Waals surface area contributed by atoms with Gasteiger partial charge in [0, 0.05) is 19.7 Å². The molecule has 3 aromatic carbocycles. The van der Waals surface area contributed by atoms with Gasteiger partial charge in [-0.15, -0.1) is 0 Å². The van der Waals surface area contributed by atoms with Gasteiger partial charge < -0.3 is 5.32 Å². The molecule has 0 aliphatic heterocycles. The topological polar surface area (TPSA) is 12.0 Å². The van der Waals surface area contributed by atoms with E-state index in [2.05, 4.69) is 103 Å². The monoisotopic (exact) mass is 344 g/mol. The van der Waals surface area contributed by atoms with Crippen LogP contribution in [-0.2, 0) is 0 Å². The quantitative estimate of drug-likeness (QED) is 0.503. The van der Waals surface area contributed by atoms with Gasteiger partial charge in [0.25, 0.3) is 0 Å². The van der Waals surface area contributed by atoms with E-state index in [1.54, 1.807) is 0 Å². The zero-order chi connectivity index (χ0) is 17.5. The third-order valence-corrected chi connectivity index (χ3v) is 8.02. The summed E-state index contributed by atoms with van der Waals surface area (Å²) >= 11 is 0. The molecule has 0 saturated carbocycles. The molecule has 0 unspecified atom stereocenters. The van der Waals surface area contributed by atoms with E-state index in [1.165, 1.54) is 16.2 Å². The van der Waals surface area contributed by atoms with Gasteiger partial charge in [-0.3, -0.25) is 0 Å². The number of hydrogen-bond acceptors (Lipinski definition) is 1. The van der Waals surface area contributed by atoms with E-state index in [-0.39, 0.29) is 0 Å². The van der Waals surface area contributed by atoms with E-state index < -0.39 is 7.14 Å². The second-order valence-electron chi connectivity index (χ2n) is 6.35. The van der Waals surface area contributed by atoms with Gasteiger partial charge in [-0.25, -0.2) is 0 Å². The Hall–Kier alpha value is -1.89. The lowest BCUT2D eigenvalue weighted by Gasteiger charge is -2.25. The summed E-state index contributed by atoms with van der Waals surface area (Å²) in [6.45, 7) is 3.10. The summed E-state index contributed by atoms with van der Waals surface area (Å²) in [7, 11) is 5.15. The lowest BCUT2D eigenvalue weighted by atomic mass is 10.1. The molecule has 0 aliphatic carbocycles. The summed E-state index contributed by atoms with van der Waals surface area (Å²) in [5.74, 6) is 0. The molecule has 25 heavy (non-hydrogen) atoms. The molecule has 0 heterocycles. The van der Waals surface area contributed by atoms with Gasteiger partial charge in [-0.05, 0) is 36.8 Å². The smallest absolute Gasteiger partial charge is 0.307 e. The Balaban J connectivity index is 1.75. The molecule has 3 aromatic rings. The van der Waals surface area contributed by atoms with Crippen molar-refractivity contribution in [2.45, 2.75) is 13.0 Å². The number of benzene rings is 3. The first-order valence-corrected chi connectivity index (χ1v) is 10.8. The van der Waals surface area contributed by atoms with Gasteiger partial charge in [0.1, 0.15) is 0 Å². The van der Waals surface area contributed by atoms with Gasteiger partial charge >= 0.3 is 7.57 Å². The van der Waals surface area contributed by atoms with E-state index in [4.69, 9.17) is 7.57 Å². The molecule has 1 atom stereocenters. The average Bonchev–Trinajstić information content (AvgIpc) is 2.70. The van der Waals surface area contributed by atoms with Gasteiger partial charge in [0.15, 0.2) is 0 Å². The Morgan fingerprint density at radius 2 is 1.20 bits per heavy atom. The molecular formula is C22H24BNP+. The predicted octanol–water partition coefficient (Wildman–Crippen LogP) is 4.09. The van der Waals surface area contributed by atoms with Crippen molar-refractivity contribution in [1.29, 1.82) is 0 Å². The van der Waals surface area contributed by atoms with E-state index in [9.17, 15) is 0 Å². The van der Waals surface area contributed by atoms with Gasteiger partial charge in [-0.1, -0.05) is 66.7 Å². The third-order valence-electron chi connectivity index (χ3n) is 4.65.